The van der Waals surface area contributed by atoms with E-state index in [-0.39, 0.29) is 5.91 Å². The third-order valence-corrected chi connectivity index (χ3v) is 3.33. The number of rotatable bonds is 6. The molecule has 0 fully saturated rings. The van der Waals surface area contributed by atoms with Crippen LogP contribution in [-0.4, -0.2) is 36.1 Å². The molecule has 2 aromatic rings. The summed E-state index contributed by atoms with van der Waals surface area (Å²) in [7, 11) is 1.59. The second-order valence-corrected chi connectivity index (χ2v) is 4.89. The minimum Gasteiger partial charge on any atom is -0.383 e. The number of methoxy groups -OCH3 is 1. The Morgan fingerprint density at radius 3 is 2.86 bits per heavy atom. The van der Waals surface area contributed by atoms with E-state index in [1.54, 1.807) is 19.4 Å². The van der Waals surface area contributed by atoms with Crippen molar-refractivity contribution in [2.75, 3.05) is 25.6 Å². The summed E-state index contributed by atoms with van der Waals surface area (Å²) in [6.07, 6.45) is 1.56. The second kappa shape index (κ2) is 7.51. The number of hydrogen-bond donors (Lipinski definition) is 2. The van der Waals surface area contributed by atoms with Gasteiger partial charge in [-0.05, 0) is 37.1 Å². The van der Waals surface area contributed by atoms with E-state index < -0.39 is 0 Å². The highest BCUT2D eigenvalue weighted by molar-refractivity contribution is 5.92. The van der Waals surface area contributed by atoms with Crippen LogP contribution in [0.15, 0.2) is 30.5 Å². The van der Waals surface area contributed by atoms with Gasteiger partial charge in [-0.2, -0.15) is 0 Å². The SMILES string of the molecule is COCCNC(=O)c1ccnc(Nc2cccc(C)c2C)n1. The molecule has 0 aliphatic carbocycles. The van der Waals surface area contributed by atoms with Crippen LogP contribution >= 0.6 is 0 Å². The van der Waals surface area contributed by atoms with Crippen LogP contribution in [0.2, 0.25) is 0 Å². The van der Waals surface area contributed by atoms with Gasteiger partial charge in [0.25, 0.3) is 5.91 Å². The Morgan fingerprint density at radius 2 is 2.09 bits per heavy atom. The van der Waals surface area contributed by atoms with Crippen molar-refractivity contribution in [1.29, 1.82) is 0 Å². The fourth-order valence-corrected chi connectivity index (χ4v) is 1.91. The number of ether oxygens (including phenoxy) is 1. The van der Waals surface area contributed by atoms with Gasteiger partial charge in [0.05, 0.1) is 6.61 Å². The summed E-state index contributed by atoms with van der Waals surface area (Å²) in [5.74, 6) is 0.150. The zero-order valence-corrected chi connectivity index (χ0v) is 13.0. The van der Waals surface area contributed by atoms with Crippen molar-refractivity contribution in [2.24, 2.45) is 0 Å². The molecule has 116 valence electrons. The van der Waals surface area contributed by atoms with Gasteiger partial charge in [0.2, 0.25) is 5.95 Å². The minimum absolute atomic E-state index is 0.247. The lowest BCUT2D eigenvalue weighted by atomic mass is 10.1. The molecule has 2 N–H and O–H groups in total. The average Bonchev–Trinajstić information content (AvgIpc) is 2.52. The van der Waals surface area contributed by atoms with Gasteiger partial charge in [0, 0.05) is 25.5 Å². The predicted octanol–water partition coefficient (Wildman–Crippen LogP) is 2.21. The third kappa shape index (κ3) is 4.02. The summed E-state index contributed by atoms with van der Waals surface area (Å²) >= 11 is 0. The lowest BCUT2D eigenvalue weighted by Crippen LogP contribution is -2.27. The standard InChI is InChI=1S/C16H20N4O2/c1-11-5-4-6-13(12(11)2)19-16-18-8-7-14(20-16)15(21)17-9-10-22-3/h4-8H,9-10H2,1-3H3,(H,17,21)(H,18,19,20). The Bertz CT molecular complexity index is 658. The molecule has 0 spiro atoms. The van der Waals surface area contributed by atoms with E-state index in [9.17, 15) is 4.79 Å². The van der Waals surface area contributed by atoms with Gasteiger partial charge in [-0.25, -0.2) is 9.97 Å². The maximum atomic E-state index is 12.0. The fourth-order valence-electron chi connectivity index (χ4n) is 1.91. The number of nitrogens with zero attached hydrogens (tertiary/aromatic N) is 2. The molecule has 0 unspecified atom stereocenters. The van der Waals surface area contributed by atoms with Gasteiger partial charge >= 0.3 is 0 Å². The van der Waals surface area contributed by atoms with E-state index in [0.29, 0.717) is 24.8 Å². The molecule has 1 aromatic heterocycles. The van der Waals surface area contributed by atoms with Gasteiger partial charge in [0.1, 0.15) is 5.69 Å². The molecule has 0 aliphatic heterocycles. The highest BCUT2D eigenvalue weighted by Crippen LogP contribution is 2.20. The summed E-state index contributed by atoms with van der Waals surface area (Å²) in [5, 5.41) is 5.88. The minimum atomic E-state index is -0.247. The molecule has 0 saturated heterocycles. The number of aromatic nitrogens is 2. The van der Waals surface area contributed by atoms with Crippen molar-refractivity contribution in [2.45, 2.75) is 13.8 Å². The molecule has 0 radical (unpaired) electrons. The molecule has 0 aliphatic rings. The normalized spacial score (nSPS) is 10.3. The first kappa shape index (κ1) is 15.9. The Balaban J connectivity index is 2.11. The molecule has 0 saturated carbocycles. The molecule has 6 nitrogen and oxygen atoms in total. The van der Waals surface area contributed by atoms with Crippen LogP contribution in [-0.2, 0) is 4.74 Å². The summed E-state index contributed by atoms with van der Waals surface area (Å²) in [4.78, 5) is 20.4. The van der Waals surface area contributed by atoms with E-state index in [1.165, 1.54) is 5.56 Å². The molecular weight excluding hydrogens is 280 g/mol. The molecule has 1 heterocycles. The van der Waals surface area contributed by atoms with E-state index in [1.807, 2.05) is 32.0 Å². The Morgan fingerprint density at radius 1 is 1.27 bits per heavy atom. The third-order valence-electron chi connectivity index (χ3n) is 3.33. The van der Waals surface area contributed by atoms with Crippen molar-refractivity contribution in [3.63, 3.8) is 0 Å². The number of anilines is 2. The number of hydrogen-bond acceptors (Lipinski definition) is 5. The average molecular weight is 300 g/mol. The molecular formula is C16H20N4O2. The number of carbonyl (C=O) groups excluding carboxylic acids is 1. The predicted molar refractivity (Wildman–Crippen MR) is 85.4 cm³/mol. The zero-order chi connectivity index (χ0) is 15.9. The zero-order valence-electron chi connectivity index (χ0n) is 13.0. The summed E-state index contributed by atoms with van der Waals surface area (Å²) in [6.45, 7) is 4.98. The first-order chi connectivity index (χ1) is 10.6. The summed E-state index contributed by atoms with van der Waals surface area (Å²) in [6, 6.07) is 7.54. The van der Waals surface area contributed by atoms with Crippen LogP contribution in [0, 0.1) is 13.8 Å². The quantitative estimate of drug-likeness (QED) is 0.800. The van der Waals surface area contributed by atoms with Crippen molar-refractivity contribution in [3.8, 4) is 0 Å². The number of nitrogens with one attached hydrogen (secondary N) is 2. The monoisotopic (exact) mass is 300 g/mol. The van der Waals surface area contributed by atoms with Crippen LogP contribution in [0.3, 0.4) is 0 Å². The van der Waals surface area contributed by atoms with Crippen LogP contribution in [0.4, 0.5) is 11.6 Å². The first-order valence-electron chi connectivity index (χ1n) is 7.05. The first-order valence-corrected chi connectivity index (χ1v) is 7.05. The van der Waals surface area contributed by atoms with Crippen molar-refractivity contribution < 1.29 is 9.53 Å². The molecule has 6 heteroatoms. The fraction of sp³-hybridized carbons (Fsp3) is 0.312. The Kier molecular flexibility index (Phi) is 5.43. The van der Waals surface area contributed by atoms with Crippen LogP contribution in [0.25, 0.3) is 0 Å². The second-order valence-electron chi connectivity index (χ2n) is 4.89. The van der Waals surface area contributed by atoms with E-state index >= 15 is 0 Å². The largest absolute Gasteiger partial charge is 0.383 e. The Hall–Kier alpha value is -2.47. The van der Waals surface area contributed by atoms with E-state index in [4.69, 9.17) is 4.74 Å². The van der Waals surface area contributed by atoms with Gasteiger partial charge in [0.15, 0.2) is 0 Å². The number of amides is 1. The highest BCUT2D eigenvalue weighted by atomic mass is 16.5. The number of carbonyl (C=O) groups is 1. The van der Waals surface area contributed by atoms with E-state index in [0.717, 1.165) is 11.3 Å². The van der Waals surface area contributed by atoms with E-state index in [2.05, 4.69) is 20.6 Å². The number of benzene rings is 1. The smallest absolute Gasteiger partial charge is 0.270 e. The van der Waals surface area contributed by atoms with Crippen LogP contribution < -0.4 is 10.6 Å². The van der Waals surface area contributed by atoms with Crippen LogP contribution in [0.5, 0.6) is 0 Å². The molecule has 22 heavy (non-hydrogen) atoms. The van der Waals surface area contributed by atoms with Gasteiger partial charge in [-0.15, -0.1) is 0 Å². The van der Waals surface area contributed by atoms with Crippen molar-refractivity contribution in [3.05, 3.63) is 47.3 Å². The van der Waals surface area contributed by atoms with Crippen molar-refractivity contribution >= 4 is 17.5 Å². The molecule has 0 bridgehead atoms. The molecule has 0 atom stereocenters. The van der Waals surface area contributed by atoms with Crippen molar-refractivity contribution in [1.82, 2.24) is 15.3 Å². The maximum absolute atomic E-state index is 12.0. The highest BCUT2D eigenvalue weighted by Gasteiger charge is 2.09. The maximum Gasteiger partial charge on any atom is 0.270 e. The molecule has 2 rings (SSSR count). The summed E-state index contributed by atoms with van der Waals surface area (Å²) < 4.78 is 4.90. The van der Waals surface area contributed by atoms with Gasteiger partial charge < -0.3 is 15.4 Å². The van der Waals surface area contributed by atoms with Gasteiger partial charge in [-0.3, -0.25) is 4.79 Å². The lowest BCUT2D eigenvalue weighted by Gasteiger charge is -2.10. The topological polar surface area (TPSA) is 76.1 Å². The molecule has 1 aromatic carbocycles. The summed E-state index contributed by atoms with van der Waals surface area (Å²) in [5.41, 5.74) is 3.55. The molecule has 1 amide bonds. The Labute approximate surface area is 129 Å². The number of aryl methyl sites for hydroxylation is 1. The van der Waals surface area contributed by atoms with Gasteiger partial charge in [-0.1, -0.05) is 12.1 Å². The lowest BCUT2D eigenvalue weighted by molar-refractivity contribution is 0.0932. The van der Waals surface area contributed by atoms with Crippen LogP contribution in [0.1, 0.15) is 21.6 Å².